The zero-order valence-electron chi connectivity index (χ0n) is 23.1. The van der Waals surface area contributed by atoms with Gasteiger partial charge in [-0.25, -0.2) is 9.67 Å². The number of nitrogens with zero attached hydrogens (tertiary/aromatic N) is 7. The number of aromatic nitrogens is 5. The third-order valence-electron chi connectivity index (χ3n) is 6.96. The highest BCUT2D eigenvalue weighted by molar-refractivity contribution is 5.99. The van der Waals surface area contributed by atoms with Crippen LogP contribution in [0.15, 0.2) is 36.7 Å². The highest BCUT2D eigenvalue weighted by Gasteiger charge is 2.47. The molecule has 0 unspecified atom stereocenters. The Hall–Kier alpha value is -4.77. The van der Waals surface area contributed by atoms with Crippen LogP contribution in [0.4, 0.5) is 15.8 Å². The Morgan fingerprint density at radius 1 is 1.23 bits per heavy atom. The van der Waals surface area contributed by atoms with Gasteiger partial charge in [0.05, 0.1) is 36.7 Å². The van der Waals surface area contributed by atoms with Gasteiger partial charge in [0.25, 0.3) is 0 Å². The van der Waals surface area contributed by atoms with E-state index in [1.807, 2.05) is 12.1 Å². The van der Waals surface area contributed by atoms with E-state index in [0.717, 1.165) is 0 Å². The quantitative estimate of drug-likeness (QED) is 0.289. The number of aryl methyl sites for hydroxylation is 1. The van der Waals surface area contributed by atoms with Crippen molar-refractivity contribution < 1.29 is 9.13 Å². The van der Waals surface area contributed by atoms with Gasteiger partial charge in [-0.1, -0.05) is 32.1 Å². The first-order chi connectivity index (χ1) is 19.1. The molecule has 3 aromatic heterocycles. The van der Waals surface area contributed by atoms with E-state index in [2.05, 4.69) is 63.8 Å². The molecule has 5 rings (SSSR count). The number of rotatable bonds is 8. The van der Waals surface area contributed by atoms with E-state index >= 15 is 0 Å². The number of fused-ring (bicyclic) bond motifs is 1. The number of nitrogens with one attached hydrogen (secondary N) is 2. The average molecular weight is 540 g/mol. The summed E-state index contributed by atoms with van der Waals surface area (Å²) in [6.07, 6.45) is 4.71. The van der Waals surface area contributed by atoms with Crippen LogP contribution in [0.25, 0.3) is 10.9 Å². The van der Waals surface area contributed by atoms with E-state index in [9.17, 15) is 14.9 Å². The minimum atomic E-state index is -0.676. The van der Waals surface area contributed by atoms with Crippen molar-refractivity contribution in [1.82, 2.24) is 25.0 Å². The first-order valence-corrected chi connectivity index (χ1v) is 13.0. The number of hydrogen-bond acceptors (Lipinski definition) is 9. The third kappa shape index (κ3) is 5.10. The summed E-state index contributed by atoms with van der Waals surface area (Å²) in [7, 11) is 1.56. The van der Waals surface area contributed by atoms with Gasteiger partial charge < -0.3 is 15.4 Å². The number of ether oxygens (including phenoxy) is 1. The number of nitriles is 2. The normalized spacial score (nSPS) is 14.7. The van der Waals surface area contributed by atoms with E-state index < -0.39 is 17.5 Å². The molecule has 0 amide bonds. The molecule has 4 aromatic rings. The fourth-order valence-electron chi connectivity index (χ4n) is 4.59. The van der Waals surface area contributed by atoms with Crippen molar-refractivity contribution in [3.05, 3.63) is 65.1 Å². The monoisotopic (exact) mass is 539 g/mol. The lowest BCUT2D eigenvalue weighted by Crippen LogP contribution is -2.20. The second-order valence-electron chi connectivity index (χ2n) is 11.3. The zero-order chi connectivity index (χ0) is 28.7. The van der Waals surface area contributed by atoms with E-state index in [4.69, 9.17) is 4.74 Å². The molecule has 0 spiro atoms. The highest BCUT2D eigenvalue weighted by Crippen LogP contribution is 2.43. The number of anilines is 2. The molecule has 1 aromatic carbocycles. The molecule has 11 heteroatoms. The molecule has 1 fully saturated rings. The standard InChI is InChI=1S/C29H30FN9O/c1-17-20(6-7-24(30)35-17)26(22-14-39(38-37-22)29(15-32)8-9-29)36-19-10-21-25(34-16-28(2,3)4)18(12-31)13-33-27(21)23(11-19)40-5/h6-7,10-11,13-14,26,36H,8-9,16H2,1-5H3,(H,33,34)/t26-/m0/s1. The molecule has 0 saturated heterocycles. The van der Waals surface area contributed by atoms with Crippen LogP contribution in [0, 0.1) is 40.9 Å². The third-order valence-corrected chi connectivity index (χ3v) is 6.96. The van der Waals surface area contributed by atoms with Crippen LogP contribution in [0.2, 0.25) is 0 Å². The van der Waals surface area contributed by atoms with Crippen molar-refractivity contribution in [2.45, 2.75) is 52.1 Å². The van der Waals surface area contributed by atoms with Gasteiger partial charge in [-0.05, 0) is 37.3 Å². The topological polar surface area (TPSA) is 137 Å². The molecule has 1 atom stereocenters. The Labute approximate surface area is 231 Å². The lowest BCUT2D eigenvalue weighted by molar-refractivity contribution is 0.419. The molecule has 1 aliphatic rings. The Bertz CT molecular complexity index is 1670. The molecule has 1 aliphatic carbocycles. The molecule has 2 N–H and O–H groups in total. The lowest BCUT2D eigenvalue weighted by Gasteiger charge is -2.23. The maximum Gasteiger partial charge on any atom is 0.213 e. The van der Waals surface area contributed by atoms with Gasteiger partial charge in [-0.15, -0.1) is 5.10 Å². The predicted molar refractivity (Wildman–Crippen MR) is 148 cm³/mol. The fourth-order valence-corrected chi connectivity index (χ4v) is 4.59. The zero-order valence-corrected chi connectivity index (χ0v) is 23.1. The Kier molecular flexibility index (Phi) is 6.76. The SMILES string of the molecule is COc1cc(N[C@H](c2cn(C3(C#N)CC3)nn2)c2ccc(F)nc2C)cc2c(NCC(C)(C)C)c(C#N)cnc12. The number of pyridine rings is 2. The second-order valence-corrected chi connectivity index (χ2v) is 11.3. The van der Waals surface area contributed by atoms with Gasteiger partial charge >= 0.3 is 0 Å². The summed E-state index contributed by atoms with van der Waals surface area (Å²) < 4.78 is 21.2. The van der Waals surface area contributed by atoms with Crippen molar-refractivity contribution in [3.63, 3.8) is 0 Å². The molecule has 0 radical (unpaired) electrons. The summed E-state index contributed by atoms with van der Waals surface area (Å²) in [4.78, 5) is 8.53. The van der Waals surface area contributed by atoms with Crippen LogP contribution < -0.4 is 15.4 Å². The molecule has 204 valence electrons. The minimum absolute atomic E-state index is 0.0331. The maximum atomic E-state index is 13.9. The second kappa shape index (κ2) is 10.1. The van der Waals surface area contributed by atoms with Gasteiger partial charge in [0.15, 0.2) is 5.54 Å². The first kappa shape index (κ1) is 26.8. The number of benzene rings is 1. The van der Waals surface area contributed by atoms with Crippen molar-refractivity contribution in [2.24, 2.45) is 5.41 Å². The summed E-state index contributed by atoms with van der Waals surface area (Å²) in [6.45, 7) is 8.69. The van der Waals surface area contributed by atoms with Gasteiger partial charge in [-0.2, -0.15) is 14.9 Å². The summed E-state index contributed by atoms with van der Waals surface area (Å²) in [5.74, 6) is -0.0665. The van der Waals surface area contributed by atoms with E-state index in [-0.39, 0.29) is 5.41 Å². The van der Waals surface area contributed by atoms with Crippen molar-refractivity contribution >= 4 is 22.3 Å². The van der Waals surface area contributed by atoms with Crippen molar-refractivity contribution in [3.8, 4) is 17.9 Å². The van der Waals surface area contributed by atoms with Crippen LogP contribution in [-0.4, -0.2) is 38.6 Å². The Balaban J connectivity index is 1.63. The predicted octanol–water partition coefficient (Wildman–Crippen LogP) is 5.22. The Morgan fingerprint density at radius 3 is 2.62 bits per heavy atom. The molecule has 40 heavy (non-hydrogen) atoms. The van der Waals surface area contributed by atoms with Crippen LogP contribution >= 0.6 is 0 Å². The summed E-state index contributed by atoms with van der Waals surface area (Å²) in [5, 5.41) is 35.8. The summed E-state index contributed by atoms with van der Waals surface area (Å²) >= 11 is 0. The number of hydrogen-bond donors (Lipinski definition) is 2. The van der Waals surface area contributed by atoms with Crippen molar-refractivity contribution in [2.75, 3.05) is 24.3 Å². The largest absolute Gasteiger partial charge is 0.494 e. The molecule has 1 saturated carbocycles. The van der Waals surface area contributed by atoms with Crippen LogP contribution in [-0.2, 0) is 5.54 Å². The lowest BCUT2D eigenvalue weighted by atomic mass is 9.96. The molecule has 0 aliphatic heterocycles. The molecule has 10 nitrogen and oxygen atoms in total. The highest BCUT2D eigenvalue weighted by atomic mass is 19.1. The molecule has 3 heterocycles. The number of methoxy groups -OCH3 is 1. The summed E-state index contributed by atoms with van der Waals surface area (Å²) in [6, 6.07) is 10.7. The molecule has 0 bridgehead atoms. The van der Waals surface area contributed by atoms with Gasteiger partial charge in [0.2, 0.25) is 5.95 Å². The molecular weight excluding hydrogens is 509 g/mol. The molecular formula is C29H30FN9O. The van der Waals surface area contributed by atoms with Crippen LogP contribution in [0.3, 0.4) is 0 Å². The van der Waals surface area contributed by atoms with Crippen molar-refractivity contribution in [1.29, 1.82) is 10.5 Å². The fraction of sp³-hybridized carbons (Fsp3) is 0.379. The van der Waals surface area contributed by atoms with Crippen LogP contribution in [0.5, 0.6) is 5.75 Å². The van der Waals surface area contributed by atoms with E-state index in [0.29, 0.717) is 69.9 Å². The maximum absolute atomic E-state index is 13.9. The average Bonchev–Trinajstić information content (AvgIpc) is 3.57. The smallest absolute Gasteiger partial charge is 0.213 e. The Morgan fingerprint density at radius 2 is 2.00 bits per heavy atom. The van der Waals surface area contributed by atoms with Crippen LogP contribution in [0.1, 0.15) is 62.2 Å². The minimum Gasteiger partial charge on any atom is -0.494 e. The van der Waals surface area contributed by atoms with Gasteiger partial charge in [0, 0.05) is 41.1 Å². The van der Waals surface area contributed by atoms with Gasteiger partial charge in [-0.3, -0.25) is 4.98 Å². The van der Waals surface area contributed by atoms with E-state index in [1.165, 1.54) is 6.07 Å². The summed E-state index contributed by atoms with van der Waals surface area (Å²) in [5.41, 5.74) is 3.37. The number of halogens is 1. The first-order valence-electron chi connectivity index (χ1n) is 13.0. The van der Waals surface area contributed by atoms with Gasteiger partial charge in [0.1, 0.15) is 23.0 Å². The van der Waals surface area contributed by atoms with E-state index in [1.54, 1.807) is 37.2 Å².